The number of alkyl carbamates (subject to hydrolysis) is 2. The van der Waals surface area contributed by atoms with E-state index in [4.69, 9.17) is 56.8 Å². The third-order valence-electron chi connectivity index (χ3n) is 12.0. The average Bonchev–Trinajstić information content (AvgIpc) is 3.38. The van der Waals surface area contributed by atoms with Crippen LogP contribution in [0.1, 0.15) is 32.6 Å². The Labute approximate surface area is 425 Å². The number of aliphatic hydroxyl groups excluding tert-OH is 9. The van der Waals surface area contributed by atoms with Crippen molar-refractivity contribution in [3.8, 4) is 0 Å². The largest absolute Gasteiger partial charge is 0.477 e. The summed E-state index contributed by atoms with van der Waals surface area (Å²) in [6, 6.07) is -3.18. The van der Waals surface area contributed by atoms with Crippen LogP contribution in [0.15, 0.2) is 0 Å². The van der Waals surface area contributed by atoms with E-state index in [1.165, 1.54) is 28.3 Å². The van der Waals surface area contributed by atoms with Gasteiger partial charge in [0.2, 0.25) is 11.8 Å². The van der Waals surface area contributed by atoms with Crippen LogP contribution in [0.4, 0.5) is 9.59 Å². The zero-order chi connectivity index (χ0) is 55.0. The fraction of sp³-hybridized carbons (Fsp3) is 0.884. The molecule has 3 rings (SSSR count). The summed E-state index contributed by atoms with van der Waals surface area (Å²) in [4.78, 5) is 64.8. The molecule has 0 aromatic heterocycles. The molecule has 3 saturated heterocycles. The first-order valence-corrected chi connectivity index (χ1v) is 23.9. The van der Waals surface area contributed by atoms with Crippen molar-refractivity contribution < 1.29 is 132 Å². The maximum absolute atomic E-state index is 13.5. The molecule has 0 spiro atoms. The van der Waals surface area contributed by atoms with Gasteiger partial charge in [0.1, 0.15) is 74.2 Å². The minimum Gasteiger partial charge on any atom is -0.477 e. The quantitative estimate of drug-likeness (QED) is 0.0272. The third kappa shape index (κ3) is 19.3. The number of methoxy groups -OCH3 is 3. The molecule has 3 heterocycles. The summed E-state index contributed by atoms with van der Waals surface area (Å²) >= 11 is 0. The van der Waals surface area contributed by atoms with Gasteiger partial charge < -0.3 is 129 Å². The highest BCUT2D eigenvalue weighted by atomic mass is 16.8. The Kier molecular flexibility index (Phi) is 29.1. The molecule has 74 heavy (non-hydrogen) atoms. The summed E-state index contributed by atoms with van der Waals surface area (Å²) in [5.41, 5.74) is 0. The Morgan fingerprint density at radius 2 is 1.31 bits per heavy atom. The standard InChI is InChI=1S/C43H76N4O27/c1-22-34(31(55)26(20-49)70-38(22)65-4)72-39-33(57)36(32(56)27(21-50)71-39)74-43(40(59)60)17-24(51)29(35(73-43)30(54)25(52)19-48)47-28(53)18-45-37(58)23(46-42(62)69-16-14-67-12-10-64-3)7-5-6-8-44-41(61)68-15-13-66-11-9-63-2/h22-27,29-36,38-39,48-52,54-57H,5-21H2,1-4H3,(H,44,61)(H,45,58)(H,46,62)(H,47,53)(H,59,60)/t22?,23-,24+,25+,26?,27?,29+,30+,31-,32-,33?,34+,35?,36-,38-,39-,43-/m0/s1. The number of nitrogens with one attached hydrogen (secondary N) is 4. The van der Waals surface area contributed by atoms with E-state index in [2.05, 4.69) is 21.3 Å². The lowest BCUT2D eigenvalue weighted by atomic mass is 9.88. The van der Waals surface area contributed by atoms with Gasteiger partial charge in [-0.15, -0.1) is 0 Å². The second-order valence-electron chi connectivity index (χ2n) is 17.3. The van der Waals surface area contributed by atoms with E-state index in [1.54, 1.807) is 0 Å². The number of unbranched alkanes of at least 4 members (excludes halogenated alkanes) is 1. The van der Waals surface area contributed by atoms with Crippen LogP contribution in [-0.4, -0.2) is 286 Å². The van der Waals surface area contributed by atoms with Crippen molar-refractivity contribution in [1.82, 2.24) is 21.3 Å². The average molecular weight is 1080 g/mol. The zero-order valence-electron chi connectivity index (χ0n) is 41.7. The summed E-state index contributed by atoms with van der Waals surface area (Å²) in [6.07, 6.45) is -26.3. The molecule has 31 heteroatoms. The number of ether oxygens (including phenoxy) is 12. The van der Waals surface area contributed by atoms with Gasteiger partial charge in [-0.25, -0.2) is 14.4 Å². The van der Waals surface area contributed by atoms with Gasteiger partial charge in [0.05, 0.1) is 84.3 Å². The molecule has 4 amide bonds. The van der Waals surface area contributed by atoms with Crippen LogP contribution in [0.2, 0.25) is 0 Å². The SMILES string of the molecule is COCCOCCOC(=O)NCCCC[C@H](NC(=O)OCCOCCOC)C(=O)NCC(=O)N[C@H]1C([C@H](O)[C@H](O)CO)O[C@@](O[C@@H]2C(O)[C@H](O[C@@H]3C(C)[C@@H](OC)OC(CO)[C@@H]3O)OC(CO)[C@@H]2O)(C(=O)O)C[C@H]1O. The van der Waals surface area contributed by atoms with Crippen molar-refractivity contribution in [2.75, 3.05) is 107 Å². The van der Waals surface area contributed by atoms with Crippen LogP contribution >= 0.6 is 0 Å². The second kappa shape index (κ2) is 33.4. The normalized spacial score (nSPS) is 31.3. The van der Waals surface area contributed by atoms with Crippen molar-refractivity contribution >= 4 is 30.0 Å². The number of carbonyl (C=O) groups excluding carboxylic acids is 4. The molecule has 0 aliphatic carbocycles. The lowest BCUT2D eigenvalue weighted by molar-refractivity contribution is -0.383. The minimum absolute atomic E-state index is 0.000498. The van der Waals surface area contributed by atoms with Crippen LogP contribution in [0, 0.1) is 5.92 Å². The summed E-state index contributed by atoms with van der Waals surface area (Å²) in [7, 11) is 4.26. The summed E-state index contributed by atoms with van der Waals surface area (Å²) < 4.78 is 64.1. The number of amides is 4. The number of carboxylic acid groups (broad SMARTS) is 1. The summed E-state index contributed by atoms with van der Waals surface area (Å²) in [5.74, 6) is -8.04. The maximum atomic E-state index is 13.5. The molecular formula is C43H76N4O27. The van der Waals surface area contributed by atoms with Crippen molar-refractivity contribution in [2.45, 2.75) is 130 Å². The number of rotatable bonds is 33. The van der Waals surface area contributed by atoms with Crippen molar-refractivity contribution in [2.24, 2.45) is 5.92 Å². The van der Waals surface area contributed by atoms with E-state index in [0.29, 0.717) is 26.2 Å². The number of aliphatic hydroxyl groups is 9. The highest BCUT2D eigenvalue weighted by molar-refractivity contribution is 5.89. The molecule has 17 atom stereocenters. The van der Waals surface area contributed by atoms with Crippen LogP contribution < -0.4 is 21.3 Å². The Morgan fingerprint density at radius 1 is 0.730 bits per heavy atom. The number of carbonyl (C=O) groups is 5. The van der Waals surface area contributed by atoms with Crippen LogP contribution in [-0.2, 0) is 71.2 Å². The number of carboxylic acids is 1. The number of aliphatic carboxylic acids is 1. The van der Waals surface area contributed by atoms with E-state index >= 15 is 0 Å². The Balaban J connectivity index is 1.75. The Hall–Kier alpha value is -3.81. The molecule has 0 radical (unpaired) electrons. The summed E-state index contributed by atoms with van der Waals surface area (Å²) in [5, 5.41) is 117. The molecule has 3 fully saturated rings. The molecule has 0 saturated carbocycles. The molecule has 31 nitrogen and oxygen atoms in total. The molecule has 3 aliphatic heterocycles. The van der Waals surface area contributed by atoms with E-state index in [0.717, 1.165) is 0 Å². The highest BCUT2D eigenvalue weighted by Gasteiger charge is 2.60. The Bertz CT molecular complexity index is 1660. The fourth-order valence-electron chi connectivity index (χ4n) is 7.94. The molecular weight excluding hydrogens is 1000 g/mol. The van der Waals surface area contributed by atoms with E-state index in [-0.39, 0.29) is 52.4 Å². The zero-order valence-corrected chi connectivity index (χ0v) is 41.7. The van der Waals surface area contributed by atoms with Gasteiger partial charge >= 0.3 is 18.2 Å². The van der Waals surface area contributed by atoms with Crippen molar-refractivity contribution in [3.63, 3.8) is 0 Å². The van der Waals surface area contributed by atoms with Gasteiger partial charge in [0.25, 0.3) is 5.79 Å². The topological polar surface area (TPSA) is 447 Å². The Morgan fingerprint density at radius 3 is 1.88 bits per heavy atom. The van der Waals surface area contributed by atoms with E-state index in [9.17, 15) is 75.0 Å². The highest BCUT2D eigenvalue weighted by Crippen LogP contribution is 2.39. The third-order valence-corrected chi connectivity index (χ3v) is 12.0. The number of hydrogen-bond donors (Lipinski definition) is 14. The molecule has 430 valence electrons. The minimum atomic E-state index is -3.17. The maximum Gasteiger partial charge on any atom is 0.407 e. The van der Waals surface area contributed by atoms with Gasteiger partial charge in [-0.05, 0) is 19.3 Å². The first kappa shape index (κ1) is 64.5. The predicted octanol–water partition coefficient (Wildman–Crippen LogP) is -6.88. The molecule has 0 bridgehead atoms. The monoisotopic (exact) mass is 1080 g/mol. The first-order chi connectivity index (χ1) is 35.3. The van der Waals surface area contributed by atoms with Crippen LogP contribution in [0.5, 0.6) is 0 Å². The molecule has 14 N–H and O–H groups in total. The van der Waals surface area contributed by atoms with Gasteiger partial charge in [-0.3, -0.25) is 9.59 Å². The molecule has 3 aliphatic rings. The molecule has 5 unspecified atom stereocenters. The number of hydrogen-bond acceptors (Lipinski definition) is 26. The van der Waals surface area contributed by atoms with Gasteiger partial charge in [-0.1, -0.05) is 6.92 Å². The summed E-state index contributed by atoms with van der Waals surface area (Å²) in [6.45, 7) is -0.958. The van der Waals surface area contributed by atoms with Gasteiger partial charge in [0.15, 0.2) is 12.6 Å². The predicted molar refractivity (Wildman–Crippen MR) is 242 cm³/mol. The van der Waals surface area contributed by atoms with Crippen molar-refractivity contribution in [1.29, 1.82) is 0 Å². The first-order valence-electron chi connectivity index (χ1n) is 23.9. The second-order valence-corrected chi connectivity index (χ2v) is 17.3. The van der Waals surface area contributed by atoms with Crippen molar-refractivity contribution in [3.05, 3.63) is 0 Å². The van der Waals surface area contributed by atoms with Crippen LogP contribution in [0.25, 0.3) is 0 Å². The lowest BCUT2D eigenvalue weighted by Crippen LogP contribution is -2.71. The smallest absolute Gasteiger partial charge is 0.407 e. The fourth-order valence-corrected chi connectivity index (χ4v) is 7.94. The molecule has 0 aromatic carbocycles. The van der Waals surface area contributed by atoms with Gasteiger partial charge in [-0.2, -0.15) is 0 Å². The van der Waals surface area contributed by atoms with Gasteiger partial charge in [0, 0.05) is 40.2 Å². The van der Waals surface area contributed by atoms with Crippen LogP contribution in [0.3, 0.4) is 0 Å². The van der Waals surface area contributed by atoms with E-state index < -0.39 is 166 Å². The lowest BCUT2D eigenvalue weighted by Gasteiger charge is -2.50. The molecule has 0 aromatic rings. The van der Waals surface area contributed by atoms with E-state index in [1.807, 2.05) is 0 Å².